The third kappa shape index (κ3) is 5.18. The van der Waals surface area contributed by atoms with Gasteiger partial charge in [-0.25, -0.2) is 0 Å². The van der Waals surface area contributed by atoms with E-state index < -0.39 is 11.7 Å². The minimum atomic E-state index is -4.46. The summed E-state index contributed by atoms with van der Waals surface area (Å²) in [6.07, 6.45) is 0.546. The van der Waals surface area contributed by atoms with Crippen LogP contribution in [0.15, 0.2) is 63.8 Å². The summed E-state index contributed by atoms with van der Waals surface area (Å²) in [4.78, 5) is 17.6. The maximum absolute atomic E-state index is 13.0. The number of hydrogen-bond donors (Lipinski definition) is 0. The number of alkyl halides is 3. The van der Waals surface area contributed by atoms with Gasteiger partial charge in [0.25, 0.3) is 5.56 Å². The molecule has 5 rings (SSSR count). The van der Waals surface area contributed by atoms with Gasteiger partial charge in [0.05, 0.1) is 19.3 Å². The van der Waals surface area contributed by atoms with E-state index in [4.69, 9.17) is 13.9 Å². The molecule has 0 bridgehead atoms. The van der Waals surface area contributed by atoms with Gasteiger partial charge < -0.3 is 13.9 Å². The van der Waals surface area contributed by atoms with Crippen molar-refractivity contribution in [1.82, 2.24) is 14.6 Å². The Morgan fingerprint density at radius 2 is 1.92 bits per heavy atom. The van der Waals surface area contributed by atoms with Gasteiger partial charge in [-0.05, 0) is 55.0 Å². The molecule has 0 atom stereocenters. The lowest BCUT2D eigenvalue weighted by Gasteiger charge is -2.09. The molecular weight excluding hydrogens is 519 g/mol. The molecule has 38 heavy (non-hydrogen) atoms. The molecule has 7 nitrogen and oxygen atoms in total. The highest BCUT2D eigenvalue weighted by Gasteiger charge is 2.30. The second-order valence-electron chi connectivity index (χ2n) is 8.04. The van der Waals surface area contributed by atoms with Crippen LogP contribution in [0.4, 0.5) is 13.2 Å². The summed E-state index contributed by atoms with van der Waals surface area (Å²) in [5, 5.41) is 4.27. The van der Waals surface area contributed by atoms with Gasteiger partial charge in [0, 0.05) is 11.6 Å². The molecule has 3 heterocycles. The second-order valence-corrected chi connectivity index (χ2v) is 9.05. The fourth-order valence-corrected chi connectivity index (χ4v) is 4.61. The first-order valence-electron chi connectivity index (χ1n) is 11.4. The maximum atomic E-state index is 13.0. The number of furan rings is 1. The average molecular weight is 540 g/mol. The van der Waals surface area contributed by atoms with Crippen molar-refractivity contribution >= 4 is 34.5 Å². The van der Waals surface area contributed by atoms with E-state index >= 15 is 0 Å². The Bertz CT molecular complexity index is 1750. The van der Waals surface area contributed by atoms with E-state index in [0.717, 1.165) is 29.0 Å². The van der Waals surface area contributed by atoms with Crippen LogP contribution in [-0.2, 0) is 6.18 Å². The zero-order valence-corrected chi connectivity index (χ0v) is 21.0. The third-order valence-electron chi connectivity index (χ3n) is 5.49. The topological polar surface area (TPSA) is 78.9 Å². The smallest absolute Gasteiger partial charge is 0.416 e. The zero-order chi connectivity index (χ0) is 26.9. The summed E-state index contributed by atoms with van der Waals surface area (Å²) >= 11 is 1.13. The van der Waals surface area contributed by atoms with Crippen LogP contribution in [0.25, 0.3) is 34.5 Å². The minimum absolute atomic E-state index is 0.257. The largest absolute Gasteiger partial charge is 0.493 e. The van der Waals surface area contributed by atoms with E-state index in [9.17, 15) is 18.0 Å². The van der Waals surface area contributed by atoms with Gasteiger partial charge in [-0.1, -0.05) is 35.6 Å². The van der Waals surface area contributed by atoms with Crippen LogP contribution in [0, 0.1) is 0 Å². The number of benzene rings is 2. The van der Waals surface area contributed by atoms with Gasteiger partial charge in [-0.3, -0.25) is 4.79 Å². The van der Waals surface area contributed by atoms with Crippen LogP contribution >= 0.6 is 11.3 Å². The highest BCUT2D eigenvalue weighted by Crippen LogP contribution is 2.33. The summed E-state index contributed by atoms with van der Waals surface area (Å²) < 4.78 is 57.2. The molecule has 0 spiro atoms. The van der Waals surface area contributed by atoms with E-state index in [1.807, 2.05) is 25.1 Å². The quantitative estimate of drug-likeness (QED) is 0.270. The lowest BCUT2D eigenvalue weighted by Crippen LogP contribution is -2.23. The summed E-state index contributed by atoms with van der Waals surface area (Å²) in [5.41, 5.74) is -0.0204. The van der Waals surface area contributed by atoms with Crippen molar-refractivity contribution in [3.05, 3.63) is 92.2 Å². The fourth-order valence-electron chi connectivity index (χ4n) is 3.72. The molecule has 0 aliphatic carbocycles. The van der Waals surface area contributed by atoms with E-state index in [-0.39, 0.29) is 16.9 Å². The van der Waals surface area contributed by atoms with E-state index in [1.54, 1.807) is 31.4 Å². The predicted octanol–water partition coefficient (Wildman–Crippen LogP) is 5.56. The average Bonchev–Trinajstić information content (AvgIpc) is 3.60. The Balaban J connectivity index is 1.38. The summed E-state index contributed by atoms with van der Waals surface area (Å²) in [5.74, 6) is 2.18. The SMILES string of the molecule is CCOc1ccc(/C=C/c2nc3s/c(=C\c4ccc(-c5cccc(C(F)(F)F)c5)o4)c(=O)n3n2)cc1OC. The monoisotopic (exact) mass is 539 g/mol. The molecule has 11 heteroatoms. The molecular formula is C27H20F3N3O4S. The zero-order valence-electron chi connectivity index (χ0n) is 20.2. The van der Waals surface area contributed by atoms with Crippen LogP contribution < -0.4 is 19.6 Å². The molecule has 0 amide bonds. The number of rotatable bonds is 7. The first-order chi connectivity index (χ1) is 18.2. The number of aromatic nitrogens is 3. The number of fused-ring (bicyclic) bond motifs is 1. The highest BCUT2D eigenvalue weighted by atomic mass is 32.1. The third-order valence-corrected chi connectivity index (χ3v) is 6.44. The molecule has 0 fully saturated rings. The number of methoxy groups -OCH3 is 1. The molecule has 0 N–H and O–H groups in total. The number of thiazole rings is 1. The van der Waals surface area contributed by atoms with Gasteiger partial charge in [-0.15, -0.1) is 5.10 Å². The molecule has 0 aliphatic heterocycles. The lowest BCUT2D eigenvalue weighted by atomic mass is 10.1. The van der Waals surface area contributed by atoms with Crippen molar-refractivity contribution in [2.24, 2.45) is 0 Å². The first-order valence-corrected chi connectivity index (χ1v) is 12.2. The highest BCUT2D eigenvalue weighted by molar-refractivity contribution is 7.15. The summed E-state index contributed by atoms with van der Waals surface area (Å²) in [6.45, 7) is 2.41. The number of halogens is 3. The van der Waals surface area contributed by atoms with Crippen LogP contribution in [0.2, 0.25) is 0 Å². The summed E-state index contributed by atoms with van der Waals surface area (Å²) in [6, 6.07) is 13.5. The lowest BCUT2D eigenvalue weighted by molar-refractivity contribution is -0.137. The van der Waals surface area contributed by atoms with Crippen molar-refractivity contribution in [1.29, 1.82) is 0 Å². The van der Waals surface area contributed by atoms with Gasteiger partial charge >= 0.3 is 6.18 Å². The molecule has 0 aliphatic rings. The van der Waals surface area contributed by atoms with Crippen molar-refractivity contribution < 1.29 is 27.1 Å². The van der Waals surface area contributed by atoms with Crippen molar-refractivity contribution in [2.75, 3.05) is 13.7 Å². The van der Waals surface area contributed by atoms with Crippen LogP contribution in [0.5, 0.6) is 11.5 Å². The standard InChI is InChI=1S/C27H20F3N3O4S/c1-3-36-21-10-7-16(13-22(21)35-2)8-12-24-31-26-33(32-24)25(34)23(38-26)15-19-9-11-20(37-19)17-5-4-6-18(14-17)27(28,29)30/h4-15H,3H2,1-2H3/b12-8+,23-15-. The van der Waals surface area contributed by atoms with Gasteiger partial charge in [-0.2, -0.15) is 22.7 Å². The van der Waals surface area contributed by atoms with Crippen molar-refractivity contribution in [3.63, 3.8) is 0 Å². The van der Waals surface area contributed by atoms with Crippen LogP contribution in [-0.4, -0.2) is 28.3 Å². The van der Waals surface area contributed by atoms with Crippen molar-refractivity contribution in [2.45, 2.75) is 13.1 Å². The molecule has 0 saturated heterocycles. The van der Waals surface area contributed by atoms with E-state index in [0.29, 0.717) is 39.2 Å². The number of nitrogens with zero attached hydrogens (tertiary/aromatic N) is 3. The second kappa shape index (κ2) is 10.2. The number of ether oxygens (including phenoxy) is 2. The summed E-state index contributed by atoms with van der Waals surface area (Å²) in [7, 11) is 1.57. The molecule has 0 unspecified atom stereocenters. The Morgan fingerprint density at radius 3 is 2.66 bits per heavy atom. The number of hydrogen-bond acceptors (Lipinski definition) is 7. The molecule has 5 aromatic rings. The fraction of sp³-hybridized carbons (Fsp3) is 0.148. The normalized spacial score (nSPS) is 12.6. The molecule has 194 valence electrons. The molecule has 0 radical (unpaired) electrons. The molecule has 0 saturated carbocycles. The first kappa shape index (κ1) is 25.3. The Morgan fingerprint density at radius 1 is 1.08 bits per heavy atom. The van der Waals surface area contributed by atoms with Crippen LogP contribution in [0.3, 0.4) is 0 Å². The van der Waals surface area contributed by atoms with Crippen LogP contribution in [0.1, 0.15) is 29.6 Å². The Kier molecular flexibility index (Phi) is 6.77. The Labute approximate surface area is 218 Å². The van der Waals surface area contributed by atoms with Gasteiger partial charge in [0.2, 0.25) is 4.96 Å². The minimum Gasteiger partial charge on any atom is -0.493 e. The maximum Gasteiger partial charge on any atom is 0.416 e. The van der Waals surface area contributed by atoms with Gasteiger partial charge in [0.15, 0.2) is 17.3 Å². The van der Waals surface area contributed by atoms with E-state index in [2.05, 4.69) is 10.1 Å². The molecule has 3 aromatic heterocycles. The van der Waals surface area contributed by atoms with Crippen molar-refractivity contribution in [3.8, 4) is 22.8 Å². The van der Waals surface area contributed by atoms with Gasteiger partial charge in [0.1, 0.15) is 16.1 Å². The predicted molar refractivity (Wildman–Crippen MR) is 138 cm³/mol. The van der Waals surface area contributed by atoms with E-state index in [1.165, 1.54) is 22.7 Å². The Hall–Kier alpha value is -4.38. The molecule has 2 aromatic carbocycles.